The van der Waals surface area contributed by atoms with E-state index >= 15 is 8.78 Å². The van der Waals surface area contributed by atoms with Crippen molar-refractivity contribution in [3.8, 4) is 35.2 Å². The second-order valence-corrected chi connectivity index (χ2v) is 16.8. The number of rotatable bonds is 11. The minimum absolute atomic E-state index is 0.00470. The van der Waals surface area contributed by atoms with Crippen LogP contribution in [0, 0.1) is 34.8 Å². The molecule has 2 aromatic heterocycles. The monoisotopic (exact) mass is 749 g/mol. The second kappa shape index (κ2) is 13.0. The smallest absolute Gasteiger partial charge is 0.319 e. The van der Waals surface area contributed by atoms with Crippen molar-refractivity contribution >= 4 is 38.4 Å². The van der Waals surface area contributed by atoms with Crippen LogP contribution >= 0.6 is 0 Å². The molecule has 1 spiro atoms. The van der Waals surface area contributed by atoms with Crippen LogP contribution < -0.4 is 9.64 Å². The van der Waals surface area contributed by atoms with Crippen LogP contribution in [0.1, 0.15) is 37.7 Å². The molecule has 0 amide bonds. The number of aryl methyl sites for hydroxylation is 1. The molecule has 2 atom stereocenters. The number of likely N-dealkylation sites (tertiary alicyclic amines) is 2. The number of terminal acetylenes is 1. The van der Waals surface area contributed by atoms with Gasteiger partial charge in [0.2, 0.25) is 0 Å². The Hall–Kier alpha value is -4.61. The van der Waals surface area contributed by atoms with Gasteiger partial charge in [0.15, 0.2) is 5.82 Å². The highest BCUT2D eigenvalue weighted by Crippen LogP contribution is 2.50. The van der Waals surface area contributed by atoms with Gasteiger partial charge in [0.1, 0.15) is 28.4 Å². The fourth-order valence-corrected chi connectivity index (χ4v) is 9.93. The summed E-state index contributed by atoms with van der Waals surface area (Å²) in [6, 6.07) is 6.19. The molecule has 1 saturated carbocycles. The molecule has 6 heterocycles. The van der Waals surface area contributed by atoms with Gasteiger partial charge in [0, 0.05) is 105 Å². The van der Waals surface area contributed by atoms with Crippen molar-refractivity contribution in [3.05, 3.63) is 47.7 Å². The maximum atomic E-state index is 17.8. The summed E-state index contributed by atoms with van der Waals surface area (Å²) in [5.41, 5.74) is 1.07. The van der Waals surface area contributed by atoms with E-state index in [1.54, 1.807) is 18.8 Å². The molecule has 1 aliphatic carbocycles. The first-order valence-electron chi connectivity index (χ1n) is 19.4. The van der Waals surface area contributed by atoms with E-state index in [9.17, 15) is 5.11 Å². The number of aromatic hydroxyl groups is 1. The molecular formula is C42H45F2N7O4. The van der Waals surface area contributed by atoms with Gasteiger partial charge in [-0.3, -0.25) is 9.58 Å². The predicted molar refractivity (Wildman–Crippen MR) is 205 cm³/mol. The third kappa shape index (κ3) is 5.79. The first-order chi connectivity index (χ1) is 26.7. The molecule has 10 rings (SSSR count). The van der Waals surface area contributed by atoms with Crippen molar-refractivity contribution in [2.24, 2.45) is 17.9 Å². The van der Waals surface area contributed by atoms with Crippen molar-refractivity contribution in [2.45, 2.75) is 44.2 Å². The molecule has 55 heavy (non-hydrogen) atoms. The molecule has 1 N–H and O–H groups in total. The maximum Gasteiger partial charge on any atom is 0.319 e. The second-order valence-electron chi connectivity index (χ2n) is 16.8. The summed E-state index contributed by atoms with van der Waals surface area (Å²) in [5.74, 6) is 1.73. The molecular weight excluding hydrogens is 705 g/mol. The summed E-state index contributed by atoms with van der Waals surface area (Å²) in [6.07, 6.45) is 12.8. The van der Waals surface area contributed by atoms with Crippen molar-refractivity contribution in [1.82, 2.24) is 29.5 Å². The predicted octanol–water partition coefficient (Wildman–Crippen LogP) is 5.48. The number of hydrogen-bond acceptors (Lipinski definition) is 10. The Bertz CT molecular complexity index is 2380. The fourth-order valence-electron chi connectivity index (χ4n) is 9.93. The lowest BCUT2D eigenvalue weighted by atomic mass is 9.77. The lowest BCUT2D eigenvalue weighted by molar-refractivity contribution is -0.192. The number of hydrogen-bond donors (Lipinski definition) is 1. The number of phenols is 1. The van der Waals surface area contributed by atoms with E-state index in [-0.39, 0.29) is 51.5 Å². The third-order valence-corrected chi connectivity index (χ3v) is 12.7. The van der Waals surface area contributed by atoms with Gasteiger partial charge in [-0.05, 0) is 61.3 Å². The number of halogens is 2. The number of piperazine rings is 1. The van der Waals surface area contributed by atoms with Crippen LogP contribution in [0.3, 0.4) is 0 Å². The number of phenolic OH excluding ortho intramolecular Hbond substituents is 1. The number of aromatic nitrogens is 4. The molecule has 13 heteroatoms. The highest BCUT2D eigenvalue weighted by atomic mass is 19.1. The third-order valence-electron chi connectivity index (χ3n) is 12.7. The van der Waals surface area contributed by atoms with E-state index in [0.717, 1.165) is 84.6 Å². The number of methoxy groups -OCH3 is 1. The highest BCUT2D eigenvalue weighted by Gasteiger charge is 2.53. The molecule has 5 fully saturated rings. The summed E-state index contributed by atoms with van der Waals surface area (Å²) in [5, 5.41) is 17.7. The summed E-state index contributed by atoms with van der Waals surface area (Å²) >= 11 is 0. The Morgan fingerprint density at radius 3 is 2.51 bits per heavy atom. The highest BCUT2D eigenvalue weighted by molar-refractivity contribution is 6.18. The van der Waals surface area contributed by atoms with Gasteiger partial charge in [-0.15, -0.1) is 6.42 Å². The molecule has 5 aromatic rings. The molecule has 2 bridgehead atoms. The van der Waals surface area contributed by atoms with Crippen LogP contribution in [-0.4, -0.2) is 120 Å². The fraction of sp³-hybridized carbons (Fsp3) is 0.500. The summed E-state index contributed by atoms with van der Waals surface area (Å²) in [7, 11) is 3.52. The Labute approximate surface area is 318 Å². The van der Waals surface area contributed by atoms with Crippen LogP contribution in [-0.2, 0) is 16.5 Å². The lowest BCUT2D eigenvalue weighted by Crippen LogP contribution is -2.66. The average Bonchev–Trinajstić information content (AvgIpc) is 3.72. The normalized spacial score (nSPS) is 22.7. The van der Waals surface area contributed by atoms with Gasteiger partial charge in [0.25, 0.3) is 0 Å². The SMILES string of the molecule is C#Cc1c(F)ccc2cc(O)cc(-c3c(F)c4nc(OCC5(CN6CC7(COC7)C6)CC5)nc(N5[C@@H]6CC[C@H]5CN(CCCOC)C6)c4c4cn(C)nc34)c12. The number of benzene rings is 3. The average molecular weight is 750 g/mol. The van der Waals surface area contributed by atoms with Crippen molar-refractivity contribution in [1.29, 1.82) is 0 Å². The minimum atomic E-state index is -0.658. The molecule has 0 radical (unpaired) electrons. The van der Waals surface area contributed by atoms with E-state index in [2.05, 4.69) is 20.6 Å². The van der Waals surface area contributed by atoms with Crippen LogP contribution in [0.25, 0.3) is 43.7 Å². The summed E-state index contributed by atoms with van der Waals surface area (Å²) in [6.45, 7) is 8.56. The number of nitrogens with zero attached hydrogens (tertiary/aromatic N) is 7. The van der Waals surface area contributed by atoms with Crippen LogP contribution in [0.2, 0.25) is 0 Å². The first-order valence-corrected chi connectivity index (χ1v) is 19.4. The van der Waals surface area contributed by atoms with Gasteiger partial charge in [-0.1, -0.05) is 12.0 Å². The van der Waals surface area contributed by atoms with Crippen LogP contribution in [0.15, 0.2) is 30.5 Å². The van der Waals surface area contributed by atoms with E-state index in [1.807, 2.05) is 6.20 Å². The Balaban J connectivity index is 1.11. The zero-order chi connectivity index (χ0) is 37.6. The summed E-state index contributed by atoms with van der Waals surface area (Å²) < 4.78 is 52.1. The topological polar surface area (TPSA) is 101 Å². The van der Waals surface area contributed by atoms with E-state index < -0.39 is 11.6 Å². The Morgan fingerprint density at radius 1 is 1.04 bits per heavy atom. The van der Waals surface area contributed by atoms with E-state index in [1.165, 1.54) is 24.3 Å². The number of anilines is 1. The molecule has 4 saturated heterocycles. The summed E-state index contributed by atoms with van der Waals surface area (Å²) in [4.78, 5) is 17.4. The number of fused-ring (bicyclic) bond motifs is 6. The molecule has 5 aliphatic rings. The molecule has 0 unspecified atom stereocenters. The quantitative estimate of drug-likeness (QED) is 0.138. The van der Waals surface area contributed by atoms with Gasteiger partial charge in [-0.25, -0.2) is 8.78 Å². The molecule has 4 aliphatic heterocycles. The van der Waals surface area contributed by atoms with Crippen molar-refractivity contribution in [3.63, 3.8) is 0 Å². The molecule has 3 aromatic carbocycles. The minimum Gasteiger partial charge on any atom is -0.508 e. The Kier molecular flexibility index (Phi) is 8.22. The zero-order valence-corrected chi connectivity index (χ0v) is 31.3. The largest absolute Gasteiger partial charge is 0.508 e. The van der Waals surface area contributed by atoms with E-state index in [4.69, 9.17) is 35.7 Å². The lowest BCUT2D eigenvalue weighted by Gasteiger charge is -2.55. The number of ether oxygens (including phenoxy) is 3. The maximum absolute atomic E-state index is 17.8. The van der Waals surface area contributed by atoms with Crippen molar-refractivity contribution < 1.29 is 28.1 Å². The van der Waals surface area contributed by atoms with Gasteiger partial charge < -0.3 is 29.1 Å². The van der Waals surface area contributed by atoms with E-state index in [0.29, 0.717) is 51.5 Å². The first kappa shape index (κ1) is 34.8. The standard InChI is InChI=1S/C42H45F2N7O4/c1-4-29-32(43)9-6-25-14-28(52)15-30(33(25)29)34-36(44)38-35(31-18-48(2)47-37(31)34)39(51-26-7-8-27(51)17-49(16-26)12-5-13-53-3)46-40(45-38)55-24-41(10-11-41)19-50-20-42(21-50)22-54-23-42/h1,6,9,14-15,18,26-27,52H,5,7-8,10-13,16-17,19-24H2,2-3H3/t26-,27+. The Morgan fingerprint density at radius 2 is 1.82 bits per heavy atom. The van der Waals surface area contributed by atoms with Crippen molar-refractivity contribution in [2.75, 3.05) is 77.7 Å². The van der Waals surface area contributed by atoms with Gasteiger partial charge >= 0.3 is 6.01 Å². The molecule has 11 nitrogen and oxygen atoms in total. The zero-order valence-electron chi connectivity index (χ0n) is 31.3. The van der Waals surface area contributed by atoms with Gasteiger partial charge in [-0.2, -0.15) is 15.1 Å². The van der Waals surface area contributed by atoms with Crippen LogP contribution in [0.5, 0.6) is 11.8 Å². The van der Waals surface area contributed by atoms with Crippen LogP contribution in [0.4, 0.5) is 14.6 Å². The van der Waals surface area contributed by atoms with Gasteiger partial charge in [0.05, 0.1) is 30.8 Å². The molecule has 286 valence electrons.